The molecule has 7 heteroatoms. The van der Waals surface area contributed by atoms with Gasteiger partial charge in [-0.2, -0.15) is 0 Å². The van der Waals surface area contributed by atoms with E-state index in [-0.39, 0.29) is 4.90 Å². The summed E-state index contributed by atoms with van der Waals surface area (Å²) in [5.41, 5.74) is 9.60. The van der Waals surface area contributed by atoms with Crippen molar-refractivity contribution in [2.24, 2.45) is 5.14 Å². The fraction of sp³-hybridized carbons (Fsp3) is 0.0909. The first-order chi connectivity index (χ1) is 19.5. The molecule has 0 radical (unpaired) electrons. The van der Waals surface area contributed by atoms with Crippen molar-refractivity contribution >= 4 is 27.1 Å². The lowest BCUT2D eigenvalue weighted by Gasteiger charge is -2.28. The third-order valence-electron chi connectivity index (χ3n) is 6.57. The fourth-order valence-electron chi connectivity index (χ4n) is 4.64. The molecule has 6 nitrogen and oxygen atoms in total. The number of nitrogens with one attached hydrogen (secondary N) is 2. The van der Waals surface area contributed by atoms with Crippen LogP contribution in [0.3, 0.4) is 0 Å². The summed E-state index contributed by atoms with van der Waals surface area (Å²) in [4.78, 5) is 0.122. The van der Waals surface area contributed by atoms with Gasteiger partial charge in [0.25, 0.3) is 0 Å². The number of hydrogen-bond acceptors (Lipinski definition) is 5. The number of sulfonamides is 1. The number of hydrogen-bond donors (Lipinski definition) is 3. The monoisotopic (exact) mass is 548 g/mol. The van der Waals surface area contributed by atoms with Crippen molar-refractivity contribution in [3.05, 3.63) is 156 Å². The van der Waals surface area contributed by atoms with E-state index in [0.717, 1.165) is 33.8 Å². The van der Waals surface area contributed by atoms with E-state index in [4.69, 9.17) is 5.14 Å². The van der Waals surface area contributed by atoms with Gasteiger partial charge in [-0.3, -0.25) is 10.4 Å². The summed E-state index contributed by atoms with van der Waals surface area (Å²) in [7, 11) is -4.02. The van der Waals surface area contributed by atoms with Crippen molar-refractivity contribution in [3.63, 3.8) is 0 Å². The summed E-state index contributed by atoms with van der Waals surface area (Å²) in [5.74, 6) is 0. The van der Waals surface area contributed by atoms with Gasteiger partial charge >= 0.3 is 0 Å². The number of benzene rings is 5. The SMILES string of the molecule is NS(=O)(=O)c1cc(CN(Nc2ccccc2)c2ccccc2)cc(NCc2ccccc2)c1Cc1ccccc1. The zero-order valence-electron chi connectivity index (χ0n) is 22.1. The first-order valence-corrected chi connectivity index (χ1v) is 14.6. The Morgan fingerprint density at radius 3 is 1.80 bits per heavy atom. The van der Waals surface area contributed by atoms with E-state index in [1.165, 1.54) is 0 Å². The van der Waals surface area contributed by atoms with Crippen LogP contribution in [-0.4, -0.2) is 8.42 Å². The Hall–Kier alpha value is -4.59. The summed E-state index contributed by atoms with van der Waals surface area (Å²) in [6.45, 7) is 0.938. The highest BCUT2D eigenvalue weighted by Gasteiger charge is 2.21. The first-order valence-electron chi connectivity index (χ1n) is 13.1. The maximum Gasteiger partial charge on any atom is 0.238 e. The van der Waals surface area contributed by atoms with E-state index in [0.29, 0.717) is 25.1 Å². The van der Waals surface area contributed by atoms with Crippen LogP contribution in [0.25, 0.3) is 0 Å². The van der Waals surface area contributed by atoms with E-state index < -0.39 is 10.0 Å². The Balaban J connectivity index is 1.57. The normalized spacial score (nSPS) is 11.1. The van der Waals surface area contributed by atoms with Crippen LogP contribution in [-0.2, 0) is 29.5 Å². The van der Waals surface area contributed by atoms with Gasteiger partial charge in [-0.15, -0.1) is 0 Å². The number of primary sulfonamides is 1. The average molecular weight is 549 g/mol. The molecule has 0 amide bonds. The number of hydrazine groups is 1. The van der Waals surface area contributed by atoms with Crippen LogP contribution >= 0.6 is 0 Å². The zero-order valence-corrected chi connectivity index (χ0v) is 22.9. The van der Waals surface area contributed by atoms with E-state index in [2.05, 4.69) is 10.7 Å². The molecule has 0 saturated carbocycles. The highest BCUT2D eigenvalue weighted by molar-refractivity contribution is 7.89. The maximum atomic E-state index is 13.0. The Morgan fingerprint density at radius 1 is 0.650 bits per heavy atom. The molecule has 0 aliphatic rings. The van der Waals surface area contributed by atoms with Crippen LogP contribution in [0, 0.1) is 0 Å². The topological polar surface area (TPSA) is 87.5 Å². The molecule has 5 aromatic carbocycles. The second kappa shape index (κ2) is 12.5. The van der Waals surface area contributed by atoms with Crippen LogP contribution in [0.15, 0.2) is 138 Å². The zero-order chi connectivity index (χ0) is 27.8. The number of nitrogens with zero attached hydrogens (tertiary/aromatic N) is 1. The predicted molar refractivity (Wildman–Crippen MR) is 164 cm³/mol. The molecule has 0 heterocycles. The van der Waals surface area contributed by atoms with Crippen LogP contribution in [0.1, 0.15) is 22.3 Å². The number of anilines is 3. The highest BCUT2D eigenvalue weighted by atomic mass is 32.2. The minimum atomic E-state index is -4.02. The van der Waals surface area contributed by atoms with Crippen molar-refractivity contribution < 1.29 is 8.42 Å². The third-order valence-corrected chi connectivity index (χ3v) is 7.55. The molecule has 0 spiro atoms. The molecule has 0 atom stereocenters. The fourth-order valence-corrected chi connectivity index (χ4v) is 5.48. The molecule has 0 bridgehead atoms. The molecular formula is C33H32N4O2S. The lowest BCUT2D eigenvalue weighted by molar-refractivity contribution is 0.596. The number of nitrogens with two attached hydrogens (primary N) is 1. The molecule has 202 valence electrons. The minimum Gasteiger partial charge on any atom is -0.381 e. The van der Waals surface area contributed by atoms with E-state index in [1.54, 1.807) is 6.07 Å². The van der Waals surface area contributed by atoms with Crippen LogP contribution in [0.2, 0.25) is 0 Å². The number of para-hydroxylation sites is 2. The molecule has 0 saturated heterocycles. The molecule has 5 aromatic rings. The second-order valence-electron chi connectivity index (χ2n) is 9.57. The van der Waals surface area contributed by atoms with Gasteiger partial charge in [0, 0.05) is 18.7 Å². The average Bonchev–Trinajstić information content (AvgIpc) is 2.98. The Bertz CT molecular complexity index is 1630. The lowest BCUT2D eigenvalue weighted by atomic mass is 10.0. The van der Waals surface area contributed by atoms with Gasteiger partial charge in [-0.1, -0.05) is 97.1 Å². The van der Waals surface area contributed by atoms with E-state index >= 15 is 0 Å². The van der Waals surface area contributed by atoms with Gasteiger partial charge < -0.3 is 5.32 Å². The molecule has 4 N–H and O–H groups in total. The Kier molecular flexibility index (Phi) is 8.44. The van der Waals surface area contributed by atoms with Crippen molar-refractivity contribution in [1.82, 2.24) is 0 Å². The van der Waals surface area contributed by atoms with Gasteiger partial charge in [0.05, 0.1) is 22.8 Å². The van der Waals surface area contributed by atoms with Crippen molar-refractivity contribution in [2.45, 2.75) is 24.4 Å². The van der Waals surface area contributed by atoms with Crippen molar-refractivity contribution in [2.75, 3.05) is 15.8 Å². The number of rotatable bonds is 11. The van der Waals surface area contributed by atoms with Crippen molar-refractivity contribution in [1.29, 1.82) is 0 Å². The molecule has 0 aromatic heterocycles. The van der Waals surface area contributed by atoms with Crippen LogP contribution in [0.4, 0.5) is 17.1 Å². The van der Waals surface area contributed by atoms with Crippen molar-refractivity contribution in [3.8, 4) is 0 Å². The second-order valence-corrected chi connectivity index (χ2v) is 11.1. The predicted octanol–water partition coefficient (Wildman–Crippen LogP) is 6.57. The van der Waals surface area contributed by atoms with E-state index in [9.17, 15) is 8.42 Å². The maximum absolute atomic E-state index is 13.0. The summed E-state index contributed by atoms with van der Waals surface area (Å²) < 4.78 is 26.0. The molecule has 0 unspecified atom stereocenters. The lowest BCUT2D eigenvalue weighted by Crippen LogP contribution is -2.29. The van der Waals surface area contributed by atoms with Crippen LogP contribution < -0.4 is 20.9 Å². The van der Waals surface area contributed by atoms with Gasteiger partial charge in [0.2, 0.25) is 10.0 Å². The molecule has 0 fully saturated rings. The summed E-state index contributed by atoms with van der Waals surface area (Å²) in [5, 5.41) is 11.3. The molecule has 40 heavy (non-hydrogen) atoms. The molecular weight excluding hydrogens is 516 g/mol. The minimum absolute atomic E-state index is 0.122. The van der Waals surface area contributed by atoms with Gasteiger partial charge in [0.15, 0.2) is 0 Å². The van der Waals surface area contributed by atoms with Gasteiger partial charge in [-0.05, 0) is 58.7 Å². The van der Waals surface area contributed by atoms with Gasteiger partial charge in [-0.25, -0.2) is 13.6 Å². The molecule has 5 rings (SSSR count). The van der Waals surface area contributed by atoms with E-state index in [1.807, 2.05) is 132 Å². The largest absolute Gasteiger partial charge is 0.381 e. The quantitative estimate of drug-likeness (QED) is 0.163. The standard InChI is InChI=1S/C33H32N4O2S/c34-40(38,39)33-23-28(25-37(30-19-11-4-12-20-30)36-29-17-9-3-10-18-29)22-32(35-24-27-15-7-2-8-16-27)31(33)21-26-13-5-1-6-14-26/h1-20,22-23,35-36H,21,24-25H2,(H2,34,38,39). The summed E-state index contributed by atoms with van der Waals surface area (Å²) in [6.07, 6.45) is 0.425. The molecule has 0 aliphatic carbocycles. The smallest absolute Gasteiger partial charge is 0.238 e. The Labute approximate surface area is 236 Å². The Morgan fingerprint density at radius 2 is 1.20 bits per heavy atom. The van der Waals surface area contributed by atoms with Crippen LogP contribution in [0.5, 0.6) is 0 Å². The third kappa shape index (κ3) is 7.08. The van der Waals surface area contributed by atoms with Gasteiger partial charge in [0.1, 0.15) is 0 Å². The first kappa shape index (κ1) is 27.0. The summed E-state index contributed by atoms with van der Waals surface area (Å²) >= 11 is 0. The highest BCUT2D eigenvalue weighted by Crippen LogP contribution is 2.30. The summed E-state index contributed by atoms with van der Waals surface area (Å²) in [6, 6.07) is 43.4. The molecule has 0 aliphatic heterocycles.